The van der Waals surface area contributed by atoms with Crippen LogP contribution in [0.1, 0.15) is 5.56 Å². The lowest BCUT2D eigenvalue weighted by molar-refractivity contribution is 1.07. The summed E-state index contributed by atoms with van der Waals surface area (Å²) in [7, 11) is 0. The predicted molar refractivity (Wildman–Crippen MR) is 114 cm³/mol. The van der Waals surface area contributed by atoms with Crippen molar-refractivity contribution in [3.05, 3.63) is 95.8 Å². The van der Waals surface area contributed by atoms with Crippen LogP contribution in [0.2, 0.25) is 5.02 Å². The highest BCUT2D eigenvalue weighted by molar-refractivity contribution is 6.30. The van der Waals surface area contributed by atoms with E-state index in [4.69, 9.17) is 11.6 Å². The van der Waals surface area contributed by atoms with Crippen LogP contribution < -0.4 is 10.6 Å². The second kappa shape index (κ2) is 8.50. The highest BCUT2D eigenvalue weighted by atomic mass is 35.5. The van der Waals surface area contributed by atoms with Gasteiger partial charge in [-0.1, -0.05) is 48.0 Å². The molecule has 0 fully saturated rings. The maximum Gasteiger partial charge on any atom is 0.229 e. The van der Waals surface area contributed by atoms with Crippen LogP contribution in [-0.2, 0) is 6.54 Å². The smallest absolute Gasteiger partial charge is 0.229 e. The number of pyridine rings is 1. The Morgan fingerprint density at radius 1 is 0.857 bits per heavy atom. The lowest BCUT2D eigenvalue weighted by Crippen LogP contribution is -2.05. The molecule has 0 aliphatic rings. The molecular weight excluding hydrogens is 370 g/mol. The Morgan fingerprint density at radius 2 is 1.68 bits per heavy atom. The molecule has 5 nitrogen and oxygen atoms in total. The molecule has 4 rings (SSSR count). The molecule has 0 atom stereocenters. The number of nitrogens with zero attached hydrogens (tertiary/aromatic N) is 3. The van der Waals surface area contributed by atoms with Gasteiger partial charge in [0.05, 0.1) is 5.69 Å². The molecule has 4 aromatic rings. The molecule has 2 aromatic heterocycles. The molecule has 28 heavy (non-hydrogen) atoms. The third-order valence-electron chi connectivity index (χ3n) is 4.09. The van der Waals surface area contributed by atoms with E-state index >= 15 is 0 Å². The van der Waals surface area contributed by atoms with Gasteiger partial charge in [0.25, 0.3) is 0 Å². The van der Waals surface area contributed by atoms with Crippen molar-refractivity contribution in [3.63, 3.8) is 0 Å². The largest absolute Gasteiger partial charge is 0.366 e. The minimum absolute atomic E-state index is 0.511. The third kappa shape index (κ3) is 4.64. The second-order valence-electron chi connectivity index (χ2n) is 6.17. The summed E-state index contributed by atoms with van der Waals surface area (Å²) >= 11 is 5.97. The number of aromatic nitrogens is 3. The van der Waals surface area contributed by atoms with Gasteiger partial charge in [0.1, 0.15) is 5.82 Å². The molecule has 138 valence electrons. The monoisotopic (exact) mass is 387 g/mol. The van der Waals surface area contributed by atoms with Crippen molar-refractivity contribution in [3.8, 4) is 11.3 Å². The first kappa shape index (κ1) is 17.9. The number of benzene rings is 2. The van der Waals surface area contributed by atoms with Crippen molar-refractivity contribution in [2.24, 2.45) is 0 Å². The van der Waals surface area contributed by atoms with Gasteiger partial charge in [0.15, 0.2) is 0 Å². The van der Waals surface area contributed by atoms with Crippen LogP contribution in [-0.4, -0.2) is 15.0 Å². The molecule has 0 saturated heterocycles. The Hall–Kier alpha value is -3.44. The van der Waals surface area contributed by atoms with E-state index in [2.05, 4.69) is 25.6 Å². The fourth-order valence-corrected chi connectivity index (χ4v) is 2.83. The van der Waals surface area contributed by atoms with Crippen LogP contribution in [0.25, 0.3) is 11.3 Å². The number of hydrogen-bond acceptors (Lipinski definition) is 5. The minimum Gasteiger partial charge on any atom is -0.366 e. The summed E-state index contributed by atoms with van der Waals surface area (Å²) in [4.78, 5) is 13.4. The summed E-state index contributed by atoms with van der Waals surface area (Å²) in [6, 6.07) is 23.3. The molecule has 0 saturated carbocycles. The SMILES string of the molecule is Clc1ccc(Nc2nc(NCc3cccnc3)cc(-c3ccccc3)n2)cc1. The average molecular weight is 388 g/mol. The average Bonchev–Trinajstić information content (AvgIpc) is 2.75. The Bertz CT molecular complexity index is 1040. The summed E-state index contributed by atoms with van der Waals surface area (Å²) < 4.78 is 0. The van der Waals surface area contributed by atoms with Crippen LogP contribution >= 0.6 is 11.6 Å². The zero-order chi connectivity index (χ0) is 19.2. The van der Waals surface area contributed by atoms with Crippen LogP contribution in [0.4, 0.5) is 17.5 Å². The second-order valence-corrected chi connectivity index (χ2v) is 6.61. The van der Waals surface area contributed by atoms with E-state index in [-0.39, 0.29) is 0 Å². The summed E-state index contributed by atoms with van der Waals surface area (Å²) in [5.41, 5.74) is 3.80. The van der Waals surface area contributed by atoms with Crippen molar-refractivity contribution in [2.45, 2.75) is 6.54 Å². The maximum absolute atomic E-state index is 5.97. The minimum atomic E-state index is 0.511. The van der Waals surface area contributed by atoms with Gasteiger partial charge in [-0.05, 0) is 35.9 Å². The van der Waals surface area contributed by atoms with Crippen molar-refractivity contribution in [1.29, 1.82) is 0 Å². The topological polar surface area (TPSA) is 62.7 Å². The van der Waals surface area contributed by atoms with E-state index in [1.807, 2.05) is 79.0 Å². The first-order chi connectivity index (χ1) is 13.8. The zero-order valence-electron chi connectivity index (χ0n) is 15.0. The highest BCUT2D eigenvalue weighted by Gasteiger charge is 2.08. The van der Waals surface area contributed by atoms with Crippen LogP contribution in [0.15, 0.2) is 85.2 Å². The Kier molecular flexibility index (Phi) is 5.45. The van der Waals surface area contributed by atoms with Gasteiger partial charge in [0, 0.05) is 41.3 Å². The van der Waals surface area contributed by atoms with E-state index in [1.54, 1.807) is 6.20 Å². The standard InChI is InChI=1S/C22H18ClN5/c23-18-8-10-19(11-9-18)26-22-27-20(17-6-2-1-3-7-17)13-21(28-22)25-15-16-5-4-12-24-14-16/h1-14H,15H2,(H2,25,26,27,28). The molecule has 2 heterocycles. The molecule has 0 unspecified atom stereocenters. The normalized spacial score (nSPS) is 10.5. The summed E-state index contributed by atoms with van der Waals surface area (Å²) in [6.45, 7) is 0.624. The molecule has 0 aliphatic carbocycles. The van der Waals surface area contributed by atoms with E-state index in [0.29, 0.717) is 17.5 Å². The van der Waals surface area contributed by atoms with Crippen LogP contribution in [0.5, 0.6) is 0 Å². The summed E-state index contributed by atoms with van der Waals surface area (Å²) in [6.07, 6.45) is 3.59. The first-order valence-corrected chi connectivity index (χ1v) is 9.24. The summed E-state index contributed by atoms with van der Waals surface area (Å²) in [5, 5.41) is 7.28. The van der Waals surface area contributed by atoms with Gasteiger partial charge >= 0.3 is 0 Å². The number of halogens is 1. The van der Waals surface area contributed by atoms with Gasteiger partial charge in [-0.3, -0.25) is 4.98 Å². The van der Waals surface area contributed by atoms with Gasteiger partial charge in [-0.25, -0.2) is 4.98 Å². The fourth-order valence-electron chi connectivity index (χ4n) is 2.71. The highest BCUT2D eigenvalue weighted by Crippen LogP contribution is 2.24. The fraction of sp³-hybridized carbons (Fsp3) is 0.0455. The van der Waals surface area contributed by atoms with Crippen LogP contribution in [0.3, 0.4) is 0 Å². The van der Waals surface area contributed by atoms with Crippen molar-refractivity contribution >= 4 is 29.1 Å². The van der Waals surface area contributed by atoms with Gasteiger partial charge in [-0.15, -0.1) is 0 Å². The van der Waals surface area contributed by atoms with Crippen molar-refractivity contribution in [1.82, 2.24) is 15.0 Å². The van der Waals surface area contributed by atoms with E-state index in [0.717, 1.165) is 28.3 Å². The number of rotatable bonds is 6. The third-order valence-corrected chi connectivity index (χ3v) is 4.34. The molecular formula is C22H18ClN5. The molecule has 0 amide bonds. The first-order valence-electron chi connectivity index (χ1n) is 8.86. The lowest BCUT2D eigenvalue weighted by Gasteiger charge is -2.12. The molecule has 0 bridgehead atoms. The van der Waals surface area contributed by atoms with Crippen molar-refractivity contribution < 1.29 is 0 Å². The Balaban J connectivity index is 1.63. The molecule has 0 radical (unpaired) electrons. The molecule has 6 heteroatoms. The molecule has 2 aromatic carbocycles. The molecule has 0 spiro atoms. The number of anilines is 3. The predicted octanol–water partition coefficient (Wildman–Crippen LogP) is 5.55. The van der Waals surface area contributed by atoms with Gasteiger partial charge in [-0.2, -0.15) is 4.98 Å². The van der Waals surface area contributed by atoms with E-state index in [9.17, 15) is 0 Å². The van der Waals surface area contributed by atoms with Crippen molar-refractivity contribution in [2.75, 3.05) is 10.6 Å². The number of nitrogens with one attached hydrogen (secondary N) is 2. The molecule has 2 N–H and O–H groups in total. The van der Waals surface area contributed by atoms with Crippen LogP contribution in [0, 0.1) is 0 Å². The number of hydrogen-bond donors (Lipinski definition) is 2. The summed E-state index contributed by atoms with van der Waals surface area (Å²) in [5.74, 6) is 1.24. The Morgan fingerprint density at radius 3 is 2.43 bits per heavy atom. The Labute approximate surface area is 168 Å². The maximum atomic E-state index is 5.97. The lowest BCUT2D eigenvalue weighted by atomic mass is 10.1. The van der Waals surface area contributed by atoms with Gasteiger partial charge in [0.2, 0.25) is 5.95 Å². The van der Waals surface area contributed by atoms with E-state index < -0.39 is 0 Å². The van der Waals surface area contributed by atoms with E-state index in [1.165, 1.54) is 0 Å². The van der Waals surface area contributed by atoms with Gasteiger partial charge < -0.3 is 10.6 Å². The molecule has 0 aliphatic heterocycles. The quantitative estimate of drug-likeness (QED) is 0.454. The zero-order valence-corrected chi connectivity index (χ0v) is 15.8.